The summed E-state index contributed by atoms with van der Waals surface area (Å²) in [5.74, 6) is -0.406. The summed E-state index contributed by atoms with van der Waals surface area (Å²) in [5.41, 5.74) is 3.06. The van der Waals surface area contributed by atoms with Crippen LogP contribution in [0.3, 0.4) is 0 Å². The van der Waals surface area contributed by atoms with Crippen LogP contribution in [0, 0.1) is 12.7 Å². The van der Waals surface area contributed by atoms with Gasteiger partial charge in [-0.05, 0) is 48.2 Å². The van der Waals surface area contributed by atoms with Crippen LogP contribution < -0.4 is 10.9 Å². The molecular formula is C22H18FN3O2S2. The van der Waals surface area contributed by atoms with Crippen LogP contribution >= 0.6 is 23.1 Å². The number of carbonyl (C=O) groups is 1. The highest BCUT2D eigenvalue weighted by Crippen LogP contribution is 2.22. The van der Waals surface area contributed by atoms with Crippen LogP contribution in [-0.4, -0.2) is 21.2 Å². The molecule has 0 saturated heterocycles. The van der Waals surface area contributed by atoms with E-state index in [1.54, 1.807) is 18.2 Å². The van der Waals surface area contributed by atoms with Gasteiger partial charge in [0, 0.05) is 5.69 Å². The van der Waals surface area contributed by atoms with Crippen LogP contribution in [0.5, 0.6) is 0 Å². The highest BCUT2D eigenvalue weighted by molar-refractivity contribution is 7.99. The molecule has 0 radical (unpaired) electrons. The third kappa shape index (κ3) is 4.60. The highest BCUT2D eigenvalue weighted by atomic mass is 32.2. The number of carbonyl (C=O) groups excluding carboxylic acids is 1. The molecule has 2 aromatic heterocycles. The van der Waals surface area contributed by atoms with Crippen molar-refractivity contribution in [2.24, 2.45) is 0 Å². The summed E-state index contributed by atoms with van der Waals surface area (Å²) in [4.78, 5) is 30.0. The molecule has 4 aromatic rings. The predicted octanol–water partition coefficient (Wildman–Crippen LogP) is 4.68. The van der Waals surface area contributed by atoms with Gasteiger partial charge < -0.3 is 5.32 Å². The van der Waals surface area contributed by atoms with Crippen molar-refractivity contribution in [3.63, 3.8) is 0 Å². The van der Waals surface area contributed by atoms with E-state index < -0.39 is 0 Å². The summed E-state index contributed by atoms with van der Waals surface area (Å²) >= 11 is 2.54. The Morgan fingerprint density at radius 2 is 1.87 bits per heavy atom. The number of benzene rings is 2. The molecule has 1 amide bonds. The zero-order valence-electron chi connectivity index (χ0n) is 16.1. The molecule has 0 fully saturated rings. The highest BCUT2D eigenvalue weighted by Gasteiger charge is 2.15. The average Bonchev–Trinajstić information content (AvgIpc) is 3.21. The van der Waals surface area contributed by atoms with Gasteiger partial charge in [0.2, 0.25) is 5.91 Å². The van der Waals surface area contributed by atoms with Crippen LogP contribution in [0.4, 0.5) is 10.1 Å². The number of hydrogen-bond donors (Lipinski definition) is 1. The third-order valence-electron chi connectivity index (χ3n) is 4.45. The summed E-state index contributed by atoms with van der Waals surface area (Å²) < 4.78 is 15.3. The number of thiophene rings is 1. The molecule has 2 aromatic carbocycles. The Hall–Kier alpha value is -2.97. The Morgan fingerprint density at radius 1 is 1.13 bits per heavy atom. The van der Waals surface area contributed by atoms with Crippen LogP contribution in [0.15, 0.2) is 69.9 Å². The molecule has 0 spiro atoms. The molecule has 2 heterocycles. The van der Waals surface area contributed by atoms with E-state index in [1.807, 2.05) is 36.6 Å². The first-order valence-corrected chi connectivity index (χ1v) is 11.1. The Labute approximate surface area is 180 Å². The quantitative estimate of drug-likeness (QED) is 0.350. The van der Waals surface area contributed by atoms with Crippen LogP contribution in [0.2, 0.25) is 0 Å². The lowest BCUT2D eigenvalue weighted by Crippen LogP contribution is -2.24. The number of nitrogens with zero attached hydrogens (tertiary/aromatic N) is 2. The van der Waals surface area contributed by atoms with Gasteiger partial charge in [-0.2, -0.15) is 0 Å². The monoisotopic (exact) mass is 439 g/mol. The molecule has 0 aliphatic heterocycles. The van der Waals surface area contributed by atoms with E-state index in [2.05, 4.69) is 10.3 Å². The van der Waals surface area contributed by atoms with Crippen molar-refractivity contribution in [3.8, 4) is 0 Å². The van der Waals surface area contributed by atoms with Crippen molar-refractivity contribution in [2.75, 3.05) is 11.1 Å². The maximum absolute atomic E-state index is 13.2. The fourth-order valence-electron chi connectivity index (χ4n) is 2.91. The number of anilines is 1. The van der Waals surface area contributed by atoms with Gasteiger partial charge in [0.05, 0.1) is 17.8 Å². The van der Waals surface area contributed by atoms with E-state index in [1.165, 1.54) is 39.8 Å². The summed E-state index contributed by atoms with van der Waals surface area (Å²) in [6.45, 7) is 2.23. The second-order valence-electron chi connectivity index (χ2n) is 6.75. The van der Waals surface area contributed by atoms with E-state index in [9.17, 15) is 14.0 Å². The van der Waals surface area contributed by atoms with E-state index in [0.29, 0.717) is 15.4 Å². The van der Waals surface area contributed by atoms with Gasteiger partial charge in [0.25, 0.3) is 5.56 Å². The van der Waals surface area contributed by atoms with Crippen molar-refractivity contribution in [2.45, 2.75) is 18.6 Å². The number of rotatable bonds is 6. The van der Waals surface area contributed by atoms with Crippen molar-refractivity contribution in [1.29, 1.82) is 0 Å². The molecule has 0 saturated carbocycles. The van der Waals surface area contributed by atoms with Crippen molar-refractivity contribution < 1.29 is 9.18 Å². The number of amides is 1. The maximum atomic E-state index is 13.2. The average molecular weight is 440 g/mol. The first-order chi connectivity index (χ1) is 14.5. The molecular weight excluding hydrogens is 421 g/mol. The molecule has 0 bridgehead atoms. The molecule has 30 heavy (non-hydrogen) atoms. The van der Waals surface area contributed by atoms with Gasteiger partial charge in [-0.25, -0.2) is 9.37 Å². The second-order valence-corrected chi connectivity index (χ2v) is 8.61. The van der Waals surface area contributed by atoms with Crippen LogP contribution in [0.1, 0.15) is 11.1 Å². The molecule has 0 unspecified atom stereocenters. The summed E-state index contributed by atoms with van der Waals surface area (Å²) in [5, 5.41) is 5.12. The van der Waals surface area contributed by atoms with Crippen molar-refractivity contribution >= 4 is 44.9 Å². The molecule has 0 aliphatic rings. The number of nitrogens with one attached hydrogen (secondary N) is 1. The Morgan fingerprint density at radius 3 is 2.60 bits per heavy atom. The summed E-state index contributed by atoms with van der Waals surface area (Å²) in [6, 6.07) is 15.3. The second kappa shape index (κ2) is 8.81. The minimum absolute atomic E-state index is 0.110. The van der Waals surface area contributed by atoms with Crippen LogP contribution in [0.25, 0.3) is 10.2 Å². The zero-order chi connectivity index (χ0) is 21.1. The number of fused-ring (bicyclic) bond motifs is 1. The minimum Gasteiger partial charge on any atom is -0.325 e. The van der Waals surface area contributed by atoms with Crippen molar-refractivity contribution in [1.82, 2.24) is 9.55 Å². The Balaban J connectivity index is 1.57. The SMILES string of the molecule is Cc1ccc(NC(=O)CSc2nc3ccsc3c(=O)n2Cc2ccc(F)cc2)cc1. The Kier molecular flexibility index (Phi) is 5.96. The summed E-state index contributed by atoms with van der Waals surface area (Å²) in [6.07, 6.45) is 0. The standard InChI is InChI=1S/C22H18FN3O2S2/c1-14-2-8-17(9-3-14)24-19(27)13-30-22-25-18-10-11-29-20(18)21(28)26(22)12-15-4-6-16(23)7-5-15/h2-11H,12-13H2,1H3,(H,24,27). The fraction of sp³-hybridized carbons (Fsp3) is 0.136. The lowest BCUT2D eigenvalue weighted by Gasteiger charge is -2.12. The van der Waals surface area contributed by atoms with Gasteiger partial charge in [-0.1, -0.05) is 41.6 Å². The molecule has 1 N–H and O–H groups in total. The van der Waals surface area contributed by atoms with E-state index >= 15 is 0 Å². The molecule has 8 heteroatoms. The van der Waals surface area contributed by atoms with Gasteiger partial charge in [-0.15, -0.1) is 11.3 Å². The molecule has 4 rings (SSSR count). The number of aromatic nitrogens is 2. The molecule has 152 valence electrons. The molecule has 0 aliphatic carbocycles. The van der Waals surface area contributed by atoms with Crippen LogP contribution in [-0.2, 0) is 11.3 Å². The number of aryl methyl sites for hydroxylation is 1. The van der Waals surface area contributed by atoms with Gasteiger partial charge >= 0.3 is 0 Å². The first-order valence-electron chi connectivity index (χ1n) is 9.21. The van der Waals surface area contributed by atoms with Gasteiger partial charge in [0.15, 0.2) is 5.16 Å². The summed E-state index contributed by atoms with van der Waals surface area (Å²) in [7, 11) is 0. The Bertz CT molecular complexity index is 1250. The number of thioether (sulfide) groups is 1. The fourth-order valence-corrected chi connectivity index (χ4v) is 4.49. The minimum atomic E-state index is -0.333. The van der Waals surface area contributed by atoms with Gasteiger partial charge in [-0.3, -0.25) is 14.2 Å². The smallest absolute Gasteiger partial charge is 0.272 e. The third-order valence-corrected chi connectivity index (χ3v) is 6.32. The van der Waals surface area contributed by atoms with Gasteiger partial charge in [0.1, 0.15) is 10.5 Å². The number of halogens is 1. The first kappa shape index (κ1) is 20.3. The molecule has 0 atom stereocenters. The lowest BCUT2D eigenvalue weighted by molar-refractivity contribution is -0.113. The van der Waals surface area contributed by atoms with Crippen molar-refractivity contribution in [3.05, 3.63) is 87.3 Å². The number of hydrogen-bond acceptors (Lipinski definition) is 5. The largest absolute Gasteiger partial charge is 0.325 e. The van der Waals surface area contributed by atoms with E-state index in [0.717, 1.165) is 16.8 Å². The zero-order valence-corrected chi connectivity index (χ0v) is 17.7. The van der Waals surface area contributed by atoms with E-state index in [4.69, 9.17) is 0 Å². The maximum Gasteiger partial charge on any atom is 0.272 e. The predicted molar refractivity (Wildman–Crippen MR) is 120 cm³/mol. The molecule has 5 nitrogen and oxygen atoms in total. The topological polar surface area (TPSA) is 64.0 Å². The van der Waals surface area contributed by atoms with E-state index in [-0.39, 0.29) is 29.6 Å². The normalized spacial score (nSPS) is 11.0. The lowest BCUT2D eigenvalue weighted by atomic mass is 10.2.